The number of rotatable bonds is 6. The van der Waals surface area contributed by atoms with Crippen LogP contribution in [0.25, 0.3) is 0 Å². The standard InChI is InChI=1S/C19H15F2N3O3S/c1-27-18-8-12(2-4-15(18)20)6-14-10-23-11-19(14)28(25,26)24-17-5-3-13(9-22)7-16(17)21/h2-5,7-8,10-11,23-24H,6H2,1H3. The number of aromatic nitrogens is 1. The molecule has 6 nitrogen and oxygen atoms in total. The van der Waals surface area contributed by atoms with Crippen LogP contribution in [0.15, 0.2) is 53.7 Å². The van der Waals surface area contributed by atoms with E-state index in [0.29, 0.717) is 11.1 Å². The van der Waals surface area contributed by atoms with Gasteiger partial charge < -0.3 is 9.72 Å². The lowest BCUT2D eigenvalue weighted by Crippen LogP contribution is -2.15. The number of nitrogens with zero attached hydrogens (tertiary/aromatic N) is 1. The lowest BCUT2D eigenvalue weighted by atomic mass is 10.1. The fourth-order valence-corrected chi connectivity index (χ4v) is 3.94. The van der Waals surface area contributed by atoms with Gasteiger partial charge in [0.05, 0.1) is 24.4 Å². The van der Waals surface area contributed by atoms with E-state index in [1.807, 2.05) is 0 Å². The van der Waals surface area contributed by atoms with Gasteiger partial charge in [0.15, 0.2) is 11.6 Å². The Labute approximate surface area is 160 Å². The van der Waals surface area contributed by atoms with E-state index >= 15 is 0 Å². The van der Waals surface area contributed by atoms with E-state index in [-0.39, 0.29) is 28.3 Å². The van der Waals surface area contributed by atoms with Gasteiger partial charge in [0.1, 0.15) is 10.7 Å². The van der Waals surface area contributed by atoms with Crippen molar-refractivity contribution < 1.29 is 21.9 Å². The third kappa shape index (κ3) is 3.97. The summed E-state index contributed by atoms with van der Waals surface area (Å²) in [6, 6.07) is 9.45. The molecule has 0 radical (unpaired) electrons. The molecule has 2 N–H and O–H groups in total. The number of ether oxygens (including phenoxy) is 1. The van der Waals surface area contributed by atoms with Gasteiger partial charge in [-0.2, -0.15) is 5.26 Å². The second kappa shape index (κ2) is 7.70. The van der Waals surface area contributed by atoms with Gasteiger partial charge >= 0.3 is 0 Å². The molecule has 0 aliphatic rings. The Morgan fingerprint density at radius 1 is 1.14 bits per heavy atom. The van der Waals surface area contributed by atoms with Crippen molar-refractivity contribution in [3.8, 4) is 11.8 Å². The summed E-state index contributed by atoms with van der Waals surface area (Å²) in [5, 5.41) is 8.77. The van der Waals surface area contributed by atoms with Crippen LogP contribution in [0.2, 0.25) is 0 Å². The van der Waals surface area contributed by atoms with Crippen LogP contribution in [0.4, 0.5) is 14.5 Å². The predicted octanol–water partition coefficient (Wildman–Crippen LogP) is 3.56. The number of nitriles is 1. The molecular formula is C19H15F2N3O3S. The monoisotopic (exact) mass is 403 g/mol. The number of benzene rings is 2. The number of hydrogen-bond acceptors (Lipinski definition) is 4. The van der Waals surface area contributed by atoms with Gasteiger partial charge in [0, 0.05) is 18.8 Å². The number of H-pyrrole nitrogens is 1. The van der Waals surface area contributed by atoms with Crippen molar-refractivity contribution in [3.05, 3.63) is 77.1 Å². The van der Waals surface area contributed by atoms with E-state index in [0.717, 1.165) is 6.07 Å². The Hall–Kier alpha value is -3.38. The van der Waals surface area contributed by atoms with Gasteiger partial charge in [-0.25, -0.2) is 17.2 Å². The molecule has 1 aromatic heterocycles. The zero-order chi connectivity index (χ0) is 20.3. The summed E-state index contributed by atoms with van der Waals surface area (Å²) in [5.41, 5.74) is 0.858. The third-order valence-electron chi connectivity index (χ3n) is 4.03. The lowest BCUT2D eigenvalue weighted by Gasteiger charge is -2.10. The van der Waals surface area contributed by atoms with E-state index in [2.05, 4.69) is 9.71 Å². The molecular weight excluding hydrogens is 388 g/mol. The summed E-state index contributed by atoms with van der Waals surface area (Å²) in [5.74, 6) is -1.33. The zero-order valence-corrected chi connectivity index (χ0v) is 15.5. The maximum atomic E-state index is 14.0. The summed E-state index contributed by atoms with van der Waals surface area (Å²) in [6.07, 6.45) is 2.96. The van der Waals surface area contributed by atoms with Crippen LogP contribution < -0.4 is 9.46 Å². The molecule has 0 fully saturated rings. The van der Waals surface area contributed by atoms with Crippen LogP contribution in [-0.2, 0) is 16.4 Å². The van der Waals surface area contributed by atoms with Gasteiger partial charge in [-0.3, -0.25) is 4.72 Å². The highest BCUT2D eigenvalue weighted by atomic mass is 32.2. The second-order valence-corrected chi connectivity index (χ2v) is 7.55. The highest BCUT2D eigenvalue weighted by Crippen LogP contribution is 2.26. The Balaban J connectivity index is 1.89. The molecule has 0 amide bonds. The molecule has 28 heavy (non-hydrogen) atoms. The molecule has 1 heterocycles. The highest BCUT2D eigenvalue weighted by molar-refractivity contribution is 7.92. The summed E-state index contributed by atoms with van der Waals surface area (Å²) in [4.78, 5) is 2.65. The maximum absolute atomic E-state index is 14.0. The van der Waals surface area contributed by atoms with Gasteiger partial charge in [0.25, 0.3) is 10.0 Å². The molecule has 0 bridgehead atoms. The SMILES string of the molecule is COc1cc(Cc2c[nH]cc2S(=O)(=O)Nc2ccc(C#N)cc2F)ccc1F. The van der Waals surface area contributed by atoms with E-state index in [1.54, 1.807) is 6.07 Å². The average Bonchev–Trinajstić information content (AvgIpc) is 3.14. The summed E-state index contributed by atoms with van der Waals surface area (Å²) in [7, 11) is -2.76. The molecule has 0 spiro atoms. The third-order valence-corrected chi connectivity index (χ3v) is 5.48. The molecule has 0 saturated heterocycles. The van der Waals surface area contributed by atoms with Crippen LogP contribution in [0.3, 0.4) is 0 Å². The molecule has 3 rings (SSSR count). The second-order valence-electron chi connectivity index (χ2n) is 5.90. The van der Waals surface area contributed by atoms with Crippen LogP contribution in [0.1, 0.15) is 16.7 Å². The first kappa shape index (κ1) is 19.4. The molecule has 9 heteroatoms. The maximum Gasteiger partial charge on any atom is 0.263 e. The fourth-order valence-electron chi connectivity index (χ4n) is 2.67. The van der Waals surface area contributed by atoms with Crippen LogP contribution in [0, 0.1) is 23.0 Å². The highest BCUT2D eigenvalue weighted by Gasteiger charge is 2.21. The number of sulfonamides is 1. The molecule has 0 atom stereocenters. The van der Waals surface area contributed by atoms with Crippen molar-refractivity contribution in [2.45, 2.75) is 11.3 Å². The number of aromatic amines is 1. The van der Waals surface area contributed by atoms with Crippen molar-refractivity contribution in [1.29, 1.82) is 5.26 Å². The lowest BCUT2D eigenvalue weighted by molar-refractivity contribution is 0.386. The van der Waals surface area contributed by atoms with Gasteiger partial charge in [-0.15, -0.1) is 0 Å². The molecule has 3 aromatic rings. The molecule has 2 aromatic carbocycles. The van der Waals surface area contributed by atoms with E-state index < -0.39 is 21.7 Å². The first-order chi connectivity index (χ1) is 13.3. The number of anilines is 1. The smallest absolute Gasteiger partial charge is 0.263 e. The summed E-state index contributed by atoms with van der Waals surface area (Å²) in [6.45, 7) is 0. The quantitative estimate of drug-likeness (QED) is 0.658. The van der Waals surface area contributed by atoms with Crippen LogP contribution >= 0.6 is 0 Å². The molecule has 0 aliphatic carbocycles. The number of halogens is 2. The molecule has 144 valence electrons. The van der Waals surface area contributed by atoms with E-state index in [1.165, 1.54) is 49.8 Å². The minimum Gasteiger partial charge on any atom is -0.494 e. The Morgan fingerprint density at radius 3 is 2.61 bits per heavy atom. The summed E-state index contributed by atoms with van der Waals surface area (Å²) < 4.78 is 60.1. The van der Waals surface area contributed by atoms with Crippen LogP contribution in [0.5, 0.6) is 5.75 Å². The fraction of sp³-hybridized carbons (Fsp3) is 0.105. The first-order valence-corrected chi connectivity index (χ1v) is 9.53. The van der Waals surface area contributed by atoms with Gasteiger partial charge in [-0.05, 0) is 41.5 Å². The number of nitrogens with one attached hydrogen (secondary N) is 2. The summed E-state index contributed by atoms with van der Waals surface area (Å²) >= 11 is 0. The van der Waals surface area contributed by atoms with Crippen molar-refractivity contribution in [1.82, 2.24) is 4.98 Å². The van der Waals surface area contributed by atoms with Gasteiger partial charge in [-0.1, -0.05) is 6.07 Å². The normalized spacial score (nSPS) is 11.1. The first-order valence-electron chi connectivity index (χ1n) is 8.04. The number of methoxy groups -OCH3 is 1. The largest absolute Gasteiger partial charge is 0.494 e. The Morgan fingerprint density at radius 2 is 1.93 bits per heavy atom. The molecule has 0 unspecified atom stereocenters. The van der Waals surface area contributed by atoms with Crippen LogP contribution in [-0.4, -0.2) is 20.5 Å². The van der Waals surface area contributed by atoms with E-state index in [9.17, 15) is 17.2 Å². The van der Waals surface area contributed by atoms with Crippen molar-refractivity contribution in [2.75, 3.05) is 11.8 Å². The minimum absolute atomic E-state index is 0.0511. The Kier molecular flexibility index (Phi) is 5.33. The zero-order valence-electron chi connectivity index (χ0n) is 14.7. The van der Waals surface area contributed by atoms with Crippen molar-refractivity contribution in [2.24, 2.45) is 0 Å². The predicted molar refractivity (Wildman–Crippen MR) is 98.5 cm³/mol. The van der Waals surface area contributed by atoms with Crippen molar-refractivity contribution >= 4 is 15.7 Å². The van der Waals surface area contributed by atoms with Gasteiger partial charge in [0.2, 0.25) is 0 Å². The minimum atomic E-state index is -4.10. The topological polar surface area (TPSA) is 95.0 Å². The molecule has 0 aliphatic heterocycles. The average molecular weight is 403 g/mol. The van der Waals surface area contributed by atoms with E-state index in [4.69, 9.17) is 10.00 Å². The molecule has 0 saturated carbocycles. The van der Waals surface area contributed by atoms with Crippen molar-refractivity contribution in [3.63, 3.8) is 0 Å². The number of hydrogen-bond donors (Lipinski definition) is 2. The Bertz CT molecular complexity index is 1170.